The molecule has 1 amide bonds. The van der Waals surface area contributed by atoms with Gasteiger partial charge in [0.05, 0.1) is 4.88 Å². The van der Waals surface area contributed by atoms with Crippen LogP contribution in [0.3, 0.4) is 0 Å². The molecule has 1 aliphatic heterocycles. The lowest BCUT2D eigenvalue weighted by Gasteiger charge is -2.35. The Hall–Kier alpha value is -2.05. The van der Waals surface area contributed by atoms with Crippen molar-refractivity contribution in [3.8, 4) is 0 Å². The quantitative estimate of drug-likeness (QED) is 0.876. The van der Waals surface area contributed by atoms with Gasteiger partial charge in [0.2, 0.25) is 5.91 Å². The summed E-state index contributed by atoms with van der Waals surface area (Å²) in [6.07, 6.45) is 0. The molecule has 1 N–H and O–H groups in total. The first-order valence-electron chi connectivity index (χ1n) is 7.40. The van der Waals surface area contributed by atoms with Crippen molar-refractivity contribution in [3.05, 3.63) is 57.5 Å². The molecule has 1 aromatic heterocycles. The first kappa shape index (κ1) is 15.8. The fourth-order valence-electron chi connectivity index (χ4n) is 2.80. The molecule has 2 heterocycles. The van der Waals surface area contributed by atoms with Crippen LogP contribution in [0.15, 0.2) is 35.7 Å². The van der Waals surface area contributed by atoms with Gasteiger partial charge in [-0.1, -0.05) is 12.1 Å². The van der Waals surface area contributed by atoms with Crippen LogP contribution in [0.2, 0.25) is 0 Å². The van der Waals surface area contributed by atoms with E-state index in [-0.39, 0.29) is 17.5 Å². The van der Waals surface area contributed by atoms with Crippen molar-refractivity contribution in [1.29, 1.82) is 0 Å². The lowest BCUT2D eigenvalue weighted by atomic mass is 10.0. The van der Waals surface area contributed by atoms with E-state index in [2.05, 4.69) is 5.32 Å². The number of carbonyl (C=O) groups is 2. The summed E-state index contributed by atoms with van der Waals surface area (Å²) < 4.78 is 13.5. The summed E-state index contributed by atoms with van der Waals surface area (Å²) in [4.78, 5) is 26.4. The zero-order chi connectivity index (χ0) is 16.4. The zero-order valence-electron chi connectivity index (χ0n) is 12.7. The van der Waals surface area contributed by atoms with Gasteiger partial charge in [-0.3, -0.25) is 14.5 Å². The van der Waals surface area contributed by atoms with Crippen LogP contribution >= 0.6 is 11.3 Å². The van der Waals surface area contributed by atoms with Crippen LogP contribution in [0.1, 0.15) is 33.8 Å². The fraction of sp³-hybridized carbons (Fsp3) is 0.294. The second-order valence-electron chi connectivity index (χ2n) is 5.59. The van der Waals surface area contributed by atoms with E-state index in [1.807, 2.05) is 16.3 Å². The largest absolute Gasteiger partial charge is 0.353 e. The molecule has 0 bridgehead atoms. The van der Waals surface area contributed by atoms with Crippen LogP contribution in [0.25, 0.3) is 0 Å². The zero-order valence-corrected chi connectivity index (χ0v) is 13.5. The Morgan fingerprint density at radius 3 is 2.96 bits per heavy atom. The number of nitrogens with zero attached hydrogens (tertiary/aromatic N) is 1. The van der Waals surface area contributed by atoms with Gasteiger partial charge in [-0.05, 0) is 41.6 Å². The van der Waals surface area contributed by atoms with Gasteiger partial charge < -0.3 is 5.32 Å². The maximum atomic E-state index is 13.5. The smallest absolute Gasteiger partial charge is 0.242 e. The van der Waals surface area contributed by atoms with E-state index < -0.39 is 6.04 Å². The predicted molar refractivity (Wildman–Crippen MR) is 86.9 cm³/mol. The highest BCUT2D eigenvalue weighted by Crippen LogP contribution is 2.27. The van der Waals surface area contributed by atoms with Gasteiger partial charge >= 0.3 is 0 Å². The normalized spacial score (nSPS) is 18.7. The van der Waals surface area contributed by atoms with E-state index >= 15 is 0 Å². The molecule has 0 saturated carbocycles. The summed E-state index contributed by atoms with van der Waals surface area (Å²) in [5, 5.41) is 4.77. The predicted octanol–water partition coefficient (Wildman–Crippen LogP) is 2.76. The molecular formula is C17H17FN2O2S. The molecule has 1 atom stereocenters. The number of ketones is 1. The first-order valence-corrected chi connectivity index (χ1v) is 8.28. The van der Waals surface area contributed by atoms with Gasteiger partial charge in [0, 0.05) is 19.6 Å². The van der Waals surface area contributed by atoms with Gasteiger partial charge in [0.25, 0.3) is 0 Å². The summed E-state index contributed by atoms with van der Waals surface area (Å²) in [5.41, 5.74) is 1.64. The number of carbonyl (C=O) groups excluding carboxylic acids is 2. The minimum Gasteiger partial charge on any atom is -0.353 e. The third-order valence-electron chi connectivity index (χ3n) is 3.86. The second kappa shape index (κ2) is 6.60. The number of hydrogen-bond donors (Lipinski definition) is 1. The molecule has 23 heavy (non-hydrogen) atoms. The standard InChI is InChI=1S/C17H17FN2O2S/c1-11(21)15-7-12(10-23-15)9-20-6-5-19-17(22)16(20)13-3-2-4-14(18)8-13/h2-4,7-8,10,16H,5-6,9H2,1H3,(H,19,22)/t16-/m0/s1. The van der Waals surface area contributed by atoms with Crippen molar-refractivity contribution in [2.45, 2.75) is 19.5 Å². The average molecular weight is 332 g/mol. The van der Waals surface area contributed by atoms with E-state index in [4.69, 9.17) is 0 Å². The number of nitrogens with one attached hydrogen (secondary N) is 1. The SMILES string of the molecule is CC(=O)c1cc(CN2CCNC(=O)[C@@H]2c2cccc(F)c2)cs1. The number of piperazine rings is 1. The molecule has 6 heteroatoms. The number of rotatable bonds is 4. The monoisotopic (exact) mass is 332 g/mol. The average Bonchev–Trinajstić information content (AvgIpc) is 2.96. The Bertz CT molecular complexity index is 744. The van der Waals surface area contributed by atoms with E-state index in [0.717, 1.165) is 5.56 Å². The molecule has 0 aliphatic carbocycles. The fourth-order valence-corrected chi connectivity index (χ4v) is 3.61. The molecule has 120 valence electrons. The Morgan fingerprint density at radius 2 is 2.26 bits per heavy atom. The summed E-state index contributed by atoms with van der Waals surface area (Å²) in [7, 11) is 0. The summed E-state index contributed by atoms with van der Waals surface area (Å²) in [6.45, 7) is 3.34. The molecule has 1 saturated heterocycles. The highest BCUT2D eigenvalue weighted by atomic mass is 32.1. The molecule has 1 aromatic carbocycles. The summed E-state index contributed by atoms with van der Waals surface area (Å²) >= 11 is 1.41. The highest BCUT2D eigenvalue weighted by Gasteiger charge is 2.31. The molecule has 0 radical (unpaired) electrons. The number of Topliss-reactive ketones (excluding diaryl/α,β-unsaturated/α-hetero) is 1. The van der Waals surface area contributed by atoms with Crippen LogP contribution in [0.5, 0.6) is 0 Å². The number of benzene rings is 1. The van der Waals surface area contributed by atoms with Crippen molar-refractivity contribution in [2.75, 3.05) is 13.1 Å². The topological polar surface area (TPSA) is 49.4 Å². The van der Waals surface area contributed by atoms with Crippen molar-refractivity contribution in [3.63, 3.8) is 0 Å². The number of halogens is 1. The minimum atomic E-state index is -0.514. The molecule has 1 fully saturated rings. The molecule has 0 spiro atoms. The van der Waals surface area contributed by atoms with Gasteiger partial charge in [0.15, 0.2) is 5.78 Å². The lowest BCUT2D eigenvalue weighted by Crippen LogP contribution is -2.49. The molecule has 3 rings (SSSR count). The van der Waals surface area contributed by atoms with E-state index in [9.17, 15) is 14.0 Å². The molecule has 2 aromatic rings. The van der Waals surface area contributed by atoms with Gasteiger partial charge in [-0.25, -0.2) is 4.39 Å². The Kier molecular flexibility index (Phi) is 4.54. The van der Waals surface area contributed by atoms with Crippen LogP contribution in [0, 0.1) is 5.82 Å². The Balaban J connectivity index is 1.85. The van der Waals surface area contributed by atoms with E-state index in [1.165, 1.54) is 23.5 Å². The number of thiophene rings is 1. The van der Waals surface area contributed by atoms with Crippen LogP contribution < -0.4 is 5.32 Å². The Morgan fingerprint density at radius 1 is 1.43 bits per heavy atom. The molecule has 0 unspecified atom stereocenters. The third-order valence-corrected chi connectivity index (χ3v) is 4.94. The highest BCUT2D eigenvalue weighted by molar-refractivity contribution is 7.12. The van der Waals surface area contributed by atoms with E-state index in [0.29, 0.717) is 30.1 Å². The van der Waals surface area contributed by atoms with Gasteiger partial charge in [-0.15, -0.1) is 11.3 Å². The van der Waals surface area contributed by atoms with Crippen molar-refractivity contribution >= 4 is 23.0 Å². The van der Waals surface area contributed by atoms with Gasteiger partial charge in [0.1, 0.15) is 11.9 Å². The van der Waals surface area contributed by atoms with Crippen LogP contribution in [-0.4, -0.2) is 29.7 Å². The van der Waals surface area contributed by atoms with Crippen molar-refractivity contribution in [2.24, 2.45) is 0 Å². The minimum absolute atomic E-state index is 0.0410. The van der Waals surface area contributed by atoms with Gasteiger partial charge in [-0.2, -0.15) is 0 Å². The molecular weight excluding hydrogens is 315 g/mol. The summed E-state index contributed by atoms with van der Waals surface area (Å²) in [5.74, 6) is -0.432. The van der Waals surface area contributed by atoms with Crippen molar-refractivity contribution < 1.29 is 14.0 Å². The molecule has 1 aliphatic rings. The lowest BCUT2D eigenvalue weighted by molar-refractivity contribution is -0.129. The third kappa shape index (κ3) is 3.48. The second-order valence-corrected chi connectivity index (χ2v) is 6.51. The molecule has 4 nitrogen and oxygen atoms in total. The van der Waals surface area contributed by atoms with Crippen LogP contribution in [-0.2, 0) is 11.3 Å². The Labute approximate surface area is 137 Å². The first-order chi connectivity index (χ1) is 11.0. The maximum Gasteiger partial charge on any atom is 0.242 e. The van der Waals surface area contributed by atoms with Crippen molar-refractivity contribution in [1.82, 2.24) is 10.2 Å². The summed E-state index contributed by atoms with van der Waals surface area (Å²) in [6, 6.07) is 7.50. The van der Waals surface area contributed by atoms with Crippen LogP contribution in [0.4, 0.5) is 4.39 Å². The van der Waals surface area contributed by atoms with E-state index in [1.54, 1.807) is 19.1 Å². The maximum absolute atomic E-state index is 13.5. The number of hydrogen-bond acceptors (Lipinski definition) is 4. The number of amides is 1.